The maximum Gasteiger partial charge on any atom is 0.409 e. The summed E-state index contributed by atoms with van der Waals surface area (Å²) >= 11 is 0. The first-order valence-corrected chi connectivity index (χ1v) is 5.52. The van der Waals surface area contributed by atoms with Crippen LogP contribution in [-0.4, -0.2) is 35.8 Å². The summed E-state index contributed by atoms with van der Waals surface area (Å²) in [6, 6.07) is 6.00. The quantitative estimate of drug-likeness (QED) is 0.873. The van der Waals surface area contributed by atoms with Crippen molar-refractivity contribution in [3.63, 3.8) is 0 Å². The molecule has 1 heterocycles. The van der Waals surface area contributed by atoms with Crippen LogP contribution in [0.3, 0.4) is 0 Å². The lowest BCUT2D eigenvalue weighted by molar-refractivity contribution is 0.0467. The van der Waals surface area contributed by atoms with E-state index in [0.717, 1.165) is 6.42 Å². The van der Waals surface area contributed by atoms with E-state index < -0.39 is 18.0 Å². The van der Waals surface area contributed by atoms with Gasteiger partial charge < -0.3 is 14.7 Å². The predicted molar refractivity (Wildman–Crippen MR) is 58.9 cm³/mol. The normalized spacial score (nSPS) is 17.8. The zero-order chi connectivity index (χ0) is 12.3. The third kappa shape index (κ3) is 2.74. The molecule has 4 nitrogen and oxygen atoms in total. The first kappa shape index (κ1) is 11.9. The van der Waals surface area contributed by atoms with Crippen LogP contribution in [0.1, 0.15) is 18.1 Å². The summed E-state index contributed by atoms with van der Waals surface area (Å²) in [5.41, 5.74) is 0.200. The molecule has 2 rings (SSSR count). The van der Waals surface area contributed by atoms with Crippen molar-refractivity contribution in [2.45, 2.75) is 12.5 Å². The Kier molecular flexibility index (Phi) is 3.58. The van der Waals surface area contributed by atoms with Gasteiger partial charge in [-0.3, -0.25) is 0 Å². The van der Waals surface area contributed by atoms with E-state index in [1.54, 1.807) is 12.1 Å². The van der Waals surface area contributed by atoms with Gasteiger partial charge in [-0.05, 0) is 12.5 Å². The summed E-state index contributed by atoms with van der Waals surface area (Å²) in [6.45, 7) is 0.995. The number of benzene rings is 1. The Labute approximate surface area is 98.6 Å². The highest BCUT2D eigenvalue weighted by molar-refractivity contribution is 5.68. The fourth-order valence-electron chi connectivity index (χ4n) is 1.82. The van der Waals surface area contributed by atoms with E-state index in [2.05, 4.69) is 0 Å². The van der Waals surface area contributed by atoms with Crippen LogP contribution in [0.15, 0.2) is 24.3 Å². The zero-order valence-electron chi connectivity index (χ0n) is 9.30. The summed E-state index contributed by atoms with van der Waals surface area (Å²) in [5.74, 6) is -0.467. The number of halogens is 1. The lowest BCUT2D eigenvalue weighted by Crippen LogP contribution is -2.40. The molecule has 1 aromatic rings. The number of carbonyl (C=O) groups is 1. The first-order valence-electron chi connectivity index (χ1n) is 5.52. The van der Waals surface area contributed by atoms with Crippen molar-refractivity contribution in [3.05, 3.63) is 35.6 Å². The molecule has 5 heteroatoms. The monoisotopic (exact) mass is 239 g/mol. The molecule has 1 N–H and O–H groups in total. The standard InChI is InChI=1S/C12H14FNO3/c13-10-5-2-1-4-9(10)11(15)8-14-6-3-7-17-12(14)16/h1-2,4-5,11,15H,3,6-8H2. The molecule has 0 radical (unpaired) electrons. The van der Waals surface area contributed by atoms with Crippen molar-refractivity contribution >= 4 is 6.09 Å². The molecule has 0 aliphatic carbocycles. The average molecular weight is 239 g/mol. The van der Waals surface area contributed by atoms with Gasteiger partial charge in [0.2, 0.25) is 0 Å². The van der Waals surface area contributed by atoms with Crippen molar-refractivity contribution in [2.75, 3.05) is 19.7 Å². The summed E-state index contributed by atoms with van der Waals surface area (Å²) in [6.07, 6.45) is -0.746. The summed E-state index contributed by atoms with van der Waals surface area (Å²) in [7, 11) is 0. The number of aliphatic hydroxyl groups excluding tert-OH is 1. The molecule has 1 saturated heterocycles. The minimum atomic E-state index is -1.03. The maximum atomic E-state index is 13.4. The molecule has 1 fully saturated rings. The molecule has 1 aliphatic heterocycles. The van der Waals surface area contributed by atoms with Gasteiger partial charge in [0.15, 0.2) is 0 Å². The topological polar surface area (TPSA) is 49.8 Å². The second-order valence-corrected chi connectivity index (χ2v) is 3.95. The van der Waals surface area contributed by atoms with Gasteiger partial charge in [-0.25, -0.2) is 9.18 Å². The fraction of sp³-hybridized carbons (Fsp3) is 0.417. The lowest BCUT2D eigenvalue weighted by Gasteiger charge is -2.28. The van der Waals surface area contributed by atoms with Crippen LogP contribution in [0, 0.1) is 5.82 Å². The number of hydrogen-bond acceptors (Lipinski definition) is 3. The fourth-order valence-corrected chi connectivity index (χ4v) is 1.82. The van der Waals surface area contributed by atoms with Crippen molar-refractivity contribution in [1.29, 1.82) is 0 Å². The molecule has 0 spiro atoms. The van der Waals surface area contributed by atoms with Gasteiger partial charge in [0.1, 0.15) is 5.82 Å². The second kappa shape index (κ2) is 5.14. The number of cyclic esters (lactones) is 1. The number of hydrogen-bond donors (Lipinski definition) is 1. The van der Waals surface area contributed by atoms with Crippen molar-refractivity contribution in [1.82, 2.24) is 4.90 Å². The highest BCUT2D eigenvalue weighted by atomic mass is 19.1. The van der Waals surface area contributed by atoms with E-state index in [9.17, 15) is 14.3 Å². The molecule has 1 amide bonds. The Morgan fingerprint density at radius 1 is 1.47 bits per heavy atom. The van der Waals surface area contributed by atoms with Crippen LogP contribution in [0.5, 0.6) is 0 Å². The van der Waals surface area contributed by atoms with Crippen molar-refractivity contribution in [2.24, 2.45) is 0 Å². The number of amides is 1. The van der Waals surface area contributed by atoms with Gasteiger partial charge in [0.25, 0.3) is 0 Å². The van der Waals surface area contributed by atoms with Crippen LogP contribution in [-0.2, 0) is 4.74 Å². The molecule has 1 atom stereocenters. The molecule has 0 saturated carbocycles. The molecular weight excluding hydrogens is 225 g/mol. The highest BCUT2D eigenvalue weighted by Crippen LogP contribution is 2.19. The summed E-state index contributed by atoms with van der Waals surface area (Å²) < 4.78 is 18.2. The Morgan fingerprint density at radius 3 is 2.94 bits per heavy atom. The van der Waals surface area contributed by atoms with E-state index in [1.165, 1.54) is 17.0 Å². The Morgan fingerprint density at radius 2 is 2.24 bits per heavy atom. The van der Waals surface area contributed by atoms with Gasteiger partial charge >= 0.3 is 6.09 Å². The third-order valence-corrected chi connectivity index (χ3v) is 2.71. The number of β-amino-alcohol motifs (C(OH)–C–C–N with tert-alkyl or cyclic N) is 1. The number of aliphatic hydroxyl groups is 1. The lowest BCUT2D eigenvalue weighted by atomic mass is 10.1. The summed E-state index contributed by atoms with van der Waals surface area (Å²) in [4.78, 5) is 12.7. The Hall–Kier alpha value is -1.62. The van der Waals surface area contributed by atoms with Crippen LogP contribution in [0.4, 0.5) is 9.18 Å². The first-order chi connectivity index (χ1) is 8.18. The van der Waals surface area contributed by atoms with Crippen molar-refractivity contribution < 1.29 is 19.0 Å². The average Bonchev–Trinajstić information content (AvgIpc) is 2.32. The molecule has 17 heavy (non-hydrogen) atoms. The number of ether oxygens (including phenoxy) is 1. The number of nitrogens with zero attached hydrogens (tertiary/aromatic N) is 1. The number of rotatable bonds is 3. The van der Waals surface area contributed by atoms with E-state index in [-0.39, 0.29) is 12.1 Å². The predicted octanol–water partition coefficient (Wildman–Crippen LogP) is 1.70. The highest BCUT2D eigenvalue weighted by Gasteiger charge is 2.23. The Bertz CT molecular complexity index is 410. The van der Waals surface area contributed by atoms with Gasteiger partial charge in [0, 0.05) is 12.1 Å². The van der Waals surface area contributed by atoms with Crippen LogP contribution < -0.4 is 0 Å². The molecular formula is C12H14FNO3. The second-order valence-electron chi connectivity index (χ2n) is 3.95. The van der Waals surface area contributed by atoms with Gasteiger partial charge in [-0.1, -0.05) is 18.2 Å². The van der Waals surface area contributed by atoms with Gasteiger partial charge in [-0.15, -0.1) is 0 Å². The van der Waals surface area contributed by atoms with E-state index in [0.29, 0.717) is 13.2 Å². The SMILES string of the molecule is O=C1OCCCN1CC(O)c1ccccc1F. The molecule has 1 unspecified atom stereocenters. The largest absolute Gasteiger partial charge is 0.449 e. The van der Waals surface area contributed by atoms with E-state index in [4.69, 9.17) is 4.74 Å². The molecule has 92 valence electrons. The van der Waals surface area contributed by atoms with Crippen LogP contribution in [0.2, 0.25) is 0 Å². The smallest absolute Gasteiger partial charge is 0.409 e. The maximum absolute atomic E-state index is 13.4. The van der Waals surface area contributed by atoms with E-state index >= 15 is 0 Å². The van der Waals surface area contributed by atoms with Crippen molar-refractivity contribution in [3.8, 4) is 0 Å². The molecule has 1 aliphatic rings. The van der Waals surface area contributed by atoms with Gasteiger partial charge in [-0.2, -0.15) is 0 Å². The van der Waals surface area contributed by atoms with Crippen LogP contribution >= 0.6 is 0 Å². The summed E-state index contributed by atoms with van der Waals surface area (Å²) in [5, 5.41) is 9.88. The minimum absolute atomic E-state index is 0.0553. The number of carbonyl (C=O) groups excluding carboxylic acids is 1. The zero-order valence-corrected chi connectivity index (χ0v) is 9.30. The minimum Gasteiger partial charge on any atom is -0.449 e. The molecule has 1 aromatic carbocycles. The van der Waals surface area contributed by atoms with Gasteiger partial charge in [0.05, 0.1) is 19.3 Å². The van der Waals surface area contributed by atoms with E-state index in [1.807, 2.05) is 0 Å². The molecule has 0 bridgehead atoms. The molecule has 0 aromatic heterocycles. The van der Waals surface area contributed by atoms with Crippen LogP contribution in [0.25, 0.3) is 0 Å². The third-order valence-electron chi connectivity index (χ3n) is 2.71. The Balaban J connectivity index is 2.03.